The topological polar surface area (TPSA) is 95.5 Å². The third kappa shape index (κ3) is 3.56. The van der Waals surface area contributed by atoms with E-state index in [1.54, 1.807) is 4.90 Å². The molecule has 0 radical (unpaired) electrons. The maximum Gasteiger partial charge on any atom is 0.337 e. The van der Waals surface area contributed by atoms with Crippen LogP contribution in [0.3, 0.4) is 0 Å². The summed E-state index contributed by atoms with van der Waals surface area (Å²) in [6, 6.07) is 3.09. The zero-order valence-corrected chi connectivity index (χ0v) is 16.0. The van der Waals surface area contributed by atoms with Crippen molar-refractivity contribution in [2.75, 3.05) is 26.2 Å². The molecule has 1 aromatic heterocycles. The predicted octanol–water partition coefficient (Wildman–Crippen LogP) is 1.52. The molecule has 1 aliphatic heterocycles. The Bertz CT molecular complexity index is 1060. The summed E-state index contributed by atoms with van der Waals surface area (Å²) in [5, 5.41) is -0.0657. The Kier molecular flexibility index (Phi) is 5.21. The van der Waals surface area contributed by atoms with Crippen LogP contribution in [0.5, 0.6) is 0 Å². The lowest BCUT2D eigenvalue weighted by molar-refractivity contribution is -0.138. The number of H-pyrrole nitrogens is 1. The molecule has 1 aromatic carbocycles. The molecule has 1 aliphatic carbocycles. The smallest absolute Gasteiger partial charge is 0.337 e. The highest BCUT2D eigenvalue weighted by molar-refractivity contribution is 5.83. The van der Waals surface area contributed by atoms with E-state index in [-0.39, 0.29) is 35.8 Å². The second-order valence-electron chi connectivity index (χ2n) is 7.66. The van der Waals surface area contributed by atoms with Gasteiger partial charge in [-0.3, -0.25) is 9.59 Å². The van der Waals surface area contributed by atoms with Gasteiger partial charge in [-0.15, -0.1) is 0 Å². The van der Waals surface area contributed by atoms with Crippen LogP contribution in [-0.2, 0) is 4.79 Å². The summed E-state index contributed by atoms with van der Waals surface area (Å²) in [6.07, 6.45) is 5.14. The number of hydrogen-bond donors (Lipinski definition) is 1. The molecule has 0 unspecified atom stereocenters. The van der Waals surface area contributed by atoms with Crippen LogP contribution in [0.15, 0.2) is 27.8 Å². The molecule has 0 atom stereocenters. The van der Waals surface area contributed by atoms with Gasteiger partial charge in [0.25, 0.3) is 5.56 Å². The zero-order chi connectivity index (χ0) is 20.5. The van der Waals surface area contributed by atoms with Crippen LogP contribution in [0.25, 0.3) is 10.9 Å². The lowest BCUT2D eigenvalue weighted by Gasteiger charge is -2.37. The maximum absolute atomic E-state index is 13.9. The first-order chi connectivity index (χ1) is 14.0. The summed E-state index contributed by atoms with van der Waals surface area (Å²) >= 11 is 0. The number of carbonyl (C=O) groups excluding carboxylic acids is 2. The molecular formula is C20H23FN4O4. The molecule has 2 heterocycles. The first kappa shape index (κ1) is 19.4. The van der Waals surface area contributed by atoms with Crippen molar-refractivity contribution in [3.05, 3.63) is 44.9 Å². The van der Waals surface area contributed by atoms with E-state index in [4.69, 9.17) is 0 Å². The number of hydrogen-bond acceptors (Lipinski definition) is 4. The maximum atomic E-state index is 13.9. The van der Waals surface area contributed by atoms with E-state index in [2.05, 4.69) is 4.98 Å². The molecule has 2 aromatic rings. The van der Waals surface area contributed by atoms with Crippen LogP contribution in [0.1, 0.15) is 32.1 Å². The monoisotopic (exact) mass is 402 g/mol. The van der Waals surface area contributed by atoms with Crippen molar-refractivity contribution >= 4 is 22.8 Å². The third-order valence-electron chi connectivity index (χ3n) is 5.89. The number of benzene rings is 1. The number of para-hydroxylation sites is 1. The predicted molar refractivity (Wildman–Crippen MR) is 104 cm³/mol. The van der Waals surface area contributed by atoms with Crippen molar-refractivity contribution in [1.29, 1.82) is 0 Å². The molecule has 2 aliphatic rings. The minimum absolute atomic E-state index is 0.0619. The van der Waals surface area contributed by atoms with Gasteiger partial charge in [0.1, 0.15) is 5.82 Å². The number of rotatable bonds is 1. The highest BCUT2D eigenvalue weighted by Crippen LogP contribution is 2.25. The molecule has 0 bridgehead atoms. The Morgan fingerprint density at radius 1 is 0.966 bits per heavy atom. The van der Waals surface area contributed by atoms with Gasteiger partial charge in [-0.25, -0.2) is 14.0 Å². The van der Waals surface area contributed by atoms with Gasteiger partial charge in [-0.1, -0.05) is 25.3 Å². The average molecular weight is 402 g/mol. The number of amides is 2. The van der Waals surface area contributed by atoms with Crippen molar-refractivity contribution in [3.8, 4) is 0 Å². The average Bonchev–Trinajstić information content (AvgIpc) is 2.75. The molecule has 8 nitrogen and oxygen atoms in total. The first-order valence-electron chi connectivity index (χ1n) is 9.99. The molecule has 154 valence electrons. The molecule has 2 amide bonds. The highest BCUT2D eigenvalue weighted by atomic mass is 19.1. The number of halogens is 1. The molecule has 1 saturated heterocycles. The van der Waals surface area contributed by atoms with E-state index in [0.717, 1.165) is 31.7 Å². The van der Waals surface area contributed by atoms with E-state index < -0.39 is 23.1 Å². The third-order valence-corrected chi connectivity index (χ3v) is 5.89. The van der Waals surface area contributed by atoms with Crippen molar-refractivity contribution in [1.82, 2.24) is 19.4 Å². The van der Waals surface area contributed by atoms with Crippen LogP contribution < -0.4 is 11.2 Å². The van der Waals surface area contributed by atoms with E-state index in [1.807, 2.05) is 0 Å². The summed E-state index contributed by atoms with van der Waals surface area (Å²) in [6.45, 7) is 1.22. The van der Waals surface area contributed by atoms with E-state index in [9.17, 15) is 23.6 Å². The normalized spacial score (nSPS) is 18.2. The summed E-state index contributed by atoms with van der Waals surface area (Å²) in [5.41, 5.74) is -2.04. The first-order valence-corrected chi connectivity index (χ1v) is 9.99. The fraction of sp³-hybridized carbons (Fsp3) is 0.500. The van der Waals surface area contributed by atoms with Crippen molar-refractivity contribution in [2.24, 2.45) is 5.92 Å². The van der Waals surface area contributed by atoms with Gasteiger partial charge in [0.15, 0.2) is 0 Å². The Morgan fingerprint density at radius 2 is 1.62 bits per heavy atom. The number of carbonyl (C=O) groups is 2. The Hall–Kier alpha value is -2.97. The molecule has 9 heteroatoms. The summed E-state index contributed by atoms with van der Waals surface area (Å²) in [7, 11) is 0. The zero-order valence-electron chi connectivity index (χ0n) is 16.0. The van der Waals surface area contributed by atoms with Gasteiger partial charge in [-0.05, 0) is 25.0 Å². The summed E-state index contributed by atoms with van der Waals surface area (Å²) in [5.74, 6) is -0.536. The SMILES string of the molecule is O=C(C1CCCCC1)N1CCN(C(=O)n2c(=O)[nH]c3c(F)cccc3c2=O)CC1. The van der Waals surface area contributed by atoms with Crippen LogP contribution >= 0.6 is 0 Å². The Balaban J connectivity index is 1.51. The van der Waals surface area contributed by atoms with Crippen LogP contribution in [0.4, 0.5) is 9.18 Å². The fourth-order valence-electron chi connectivity index (χ4n) is 4.25. The van der Waals surface area contributed by atoms with Gasteiger partial charge in [-0.2, -0.15) is 4.57 Å². The molecule has 1 N–H and O–H groups in total. The fourth-order valence-corrected chi connectivity index (χ4v) is 4.25. The van der Waals surface area contributed by atoms with Gasteiger partial charge < -0.3 is 14.8 Å². The van der Waals surface area contributed by atoms with Gasteiger partial charge >= 0.3 is 11.7 Å². The lowest BCUT2D eigenvalue weighted by Crippen LogP contribution is -2.55. The molecule has 29 heavy (non-hydrogen) atoms. The van der Waals surface area contributed by atoms with Crippen LogP contribution in [0, 0.1) is 11.7 Å². The minimum Gasteiger partial charge on any atom is -0.339 e. The van der Waals surface area contributed by atoms with E-state index in [0.29, 0.717) is 17.7 Å². The summed E-state index contributed by atoms with van der Waals surface area (Å²) in [4.78, 5) is 55.8. The number of fused-ring (bicyclic) bond motifs is 1. The van der Waals surface area contributed by atoms with Crippen LogP contribution in [-0.4, -0.2) is 57.5 Å². The summed E-state index contributed by atoms with van der Waals surface area (Å²) < 4.78 is 14.4. The Labute approximate surface area is 165 Å². The van der Waals surface area contributed by atoms with Crippen molar-refractivity contribution in [3.63, 3.8) is 0 Å². The van der Waals surface area contributed by atoms with E-state index >= 15 is 0 Å². The van der Waals surface area contributed by atoms with Crippen molar-refractivity contribution in [2.45, 2.75) is 32.1 Å². The minimum atomic E-state index is -0.974. The van der Waals surface area contributed by atoms with Crippen LogP contribution in [0.2, 0.25) is 0 Å². The van der Waals surface area contributed by atoms with Crippen molar-refractivity contribution < 1.29 is 14.0 Å². The van der Waals surface area contributed by atoms with E-state index in [1.165, 1.54) is 23.5 Å². The van der Waals surface area contributed by atoms with Gasteiger partial charge in [0.05, 0.1) is 10.9 Å². The quantitative estimate of drug-likeness (QED) is 0.782. The van der Waals surface area contributed by atoms with Gasteiger partial charge in [0.2, 0.25) is 5.91 Å². The molecule has 2 fully saturated rings. The Morgan fingerprint density at radius 3 is 2.31 bits per heavy atom. The second kappa shape index (κ2) is 7.81. The largest absolute Gasteiger partial charge is 0.339 e. The van der Waals surface area contributed by atoms with Gasteiger partial charge in [0, 0.05) is 32.1 Å². The highest BCUT2D eigenvalue weighted by Gasteiger charge is 2.31. The number of piperazine rings is 1. The number of nitrogens with zero attached hydrogens (tertiary/aromatic N) is 3. The second-order valence-corrected chi connectivity index (χ2v) is 7.66. The number of aromatic nitrogens is 2. The lowest BCUT2D eigenvalue weighted by atomic mass is 9.88. The number of nitrogens with one attached hydrogen (secondary N) is 1. The molecule has 1 saturated carbocycles. The molecular weight excluding hydrogens is 379 g/mol. The molecule has 4 rings (SSSR count). The number of aromatic amines is 1. The molecule has 0 spiro atoms. The standard InChI is InChI=1S/C20H23FN4O4/c21-15-8-4-7-14-16(15)22-19(28)25(18(14)27)20(29)24-11-9-23(10-12-24)17(26)13-5-2-1-3-6-13/h4,7-8,13H,1-3,5-6,9-12H2,(H,22,28).